The van der Waals surface area contributed by atoms with Crippen molar-refractivity contribution in [2.24, 2.45) is 0 Å². The normalized spacial score (nSPS) is 11.3. The third-order valence-corrected chi connectivity index (χ3v) is 4.48. The second-order valence-electron chi connectivity index (χ2n) is 7.02. The number of nitrogens with one attached hydrogen (secondary N) is 2. The maximum atomic E-state index is 12.6. The first-order valence-electron chi connectivity index (χ1n) is 9.69. The Morgan fingerprint density at radius 3 is 2.71 bits per heavy atom. The van der Waals surface area contributed by atoms with Gasteiger partial charge in [-0.3, -0.25) is 4.79 Å². The third kappa shape index (κ3) is 5.14. The standard InChI is InChI=1S/C23H24N4O4/c1-14(2)31-18-9-19-17(12-25-22(19)26-13-18)8-16(10-24)23(28)27-11-15-5-6-20(29-3)21(7-15)30-4/h5-9,12-14H,11H2,1-4H3,(H,25,26)(H,27,28)/b16-8+. The molecule has 31 heavy (non-hydrogen) atoms. The second-order valence-corrected chi connectivity index (χ2v) is 7.02. The zero-order valence-corrected chi connectivity index (χ0v) is 17.9. The fourth-order valence-electron chi connectivity index (χ4n) is 3.03. The van der Waals surface area contributed by atoms with Gasteiger partial charge in [0.15, 0.2) is 11.5 Å². The Bertz CT molecular complexity index is 1160. The van der Waals surface area contributed by atoms with E-state index >= 15 is 0 Å². The van der Waals surface area contributed by atoms with Crippen LogP contribution in [0.2, 0.25) is 0 Å². The van der Waals surface area contributed by atoms with Crippen LogP contribution in [-0.2, 0) is 11.3 Å². The van der Waals surface area contributed by atoms with Crippen molar-refractivity contribution in [2.75, 3.05) is 14.2 Å². The van der Waals surface area contributed by atoms with Crippen molar-refractivity contribution in [3.8, 4) is 23.3 Å². The van der Waals surface area contributed by atoms with Crippen molar-refractivity contribution in [1.82, 2.24) is 15.3 Å². The zero-order valence-electron chi connectivity index (χ0n) is 17.9. The lowest BCUT2D eigenvalue weighted by Gasteiger charge is -2.10. The number of amides is 1. The van der Waals surface area contributed by atoms with Crippen LogP contribution < -0.4 is 19.5 Å². The summed E-state index contributed by atoms with van der Waals surface area (Å²) in [6, 6.07) is 9.16. The number of benzene rings is 1. The summed E-state index contributed by atoms with van der Waals surface area (Å²) in [5.74, 6) is 1.31. The maximum Gasteiger partial charge on any atom is 0.262 e. The van der Waals surface area contributed by atoms with Gasteiger partial charge in [-0.15, -0.1) is 0 Å². The summed E-state index contributed by atoms with van der Waals surface area (Å²) in [4.78, 5) is 20.0. The topological polar surface area (TPSA) is 109 Å². The quantitative estimate of drug-likeness (QED) is 0.426. The van der Waals surface area contributed by atoms with Crippen LogP contribution in [0.25, 0.3) is 17.1 Å². The molecule has 0 radical (unpaired) electrons. The lowest BCUT2D eigenvalue weighted by molar-refractivity contribution is -0.117. The Kier molecular flexibility index (Phi) is 6.78. The van der Waals surface area contributed by atoms with Crippen molar-refractivity contribution in [3.63, 3.8) is 0 Å². The van der Waals surface area contributed by atoms with Crippen LogP contribution in [0, 0.1) is 11.3 Å². The molecule has 0 aliphatic carbocycles. The second kappa shape index (κ2) is 9.67. The summed E-state index contributed by atoms with van der Waals surface area (Å²) in [5, 5.41) is 13.0. The first-order valence-corrected chi connectivity index (χ1v) is 9.69. The van der Waals surface area contributed by atoms with Crippen molar-refractivity contribution < 1.29 is 19.0 Å². The molecule has 160 valence electrons. The highest BCUT2D eigenvalue weighted by molar-refractivity contribution is 6.03. The summed E-state index contributed by atoms with van der Waals surface area (Å²) in [6.07, 6.45) is 4.88. The fourth-order valence-corrected chi connectivity index (χ4v) is 3.03. The molecule has 0 fully saturated rings. The van der Waals surface area contributed by atoms with E-state index in [1.54, 1.807) is 38.7 Å². The van der Waals surface area contributed by atoms with Crippen LogP contribution in [0.3, 0.4) is 0 Å². The first-order chi connectivity index (χ1) is 14.9. The Hall–Kier alpha value is -3.99. The van der Waals surface area contributed by atoms with Crippen LogP contribution in [0.15, 0.2) is 42.2 Å². The molecule has 0 aliphatic rings. The van der Waals surface area contributed by atoms with Crippen molar-refractivity contribution >= 4 is 23.0 Å². The molecule has 0 aliphatic heterocycles. The van der Waals surface area contributed by atoms with Gasteiger partial charge < -0.3 is 24.5 Å². The average molecular weight is 420 g/mol. The number of hydrogen-bond donors (Lipinski definition) is 2. The summed E-state index contributed by atoms with van der Waals surface area (Å²) in [5.41, 5.74) is 2.12. The SMILES string of the molecule is COc1ccc(CNC(=O)/C(C#N)=C/c2c[nH]c3ncc(OC(C)C)cc23)cc1OC. The van der Waals surface area contributed by atoms with Crippen LogP contribution >= 0.6 is 0 Å². The average Bonchev–Trinajstić information content (AvgIpc) is 3.17. The molecule has 1 amide bonds. The lowest BCUT2D eigenvalue weighted by atomic mass is 10.1. The minimum atomic E-state index is -0.478. The lowest BCUT2D eigenvalue weighted by Crippen LogP contribution is -2.24. The molecular weight excluding hydrogens is 396 g/mol. The molecule has 8 nitrogen and oxygen atoms in total. The number of rotatable bonds is 8. The number of carbonyl (C=O) groups excluding carboxylic acids is 1. The fraction of sp³-hybridized carbons (Fsp3) is 0.261. The van der Waals surface area contributed by atoms with Crippen LogP contribution in [0.4, 0.5) is 0 Å². The van der Waals surface area contributed by atoms with E-state index in [-0.39, 0.29) is 18.2 Å². The number of pyridine rings is 1. The molecule has 3 rings (SSSR count). The number of ether oxygens (including phenoxy) is 3. The zero-order chi connectivity index (χ0) is 22.4. The van der Waals surface area contributed by atoms with Gasteiger partial charge in [0.1, 0.15) is 23.0 Å². The van der Waals surface area contributed by atoms with E-state index in [0.717, 1.165) is 10.9 Å². The third-order valence-electron chi connectivity index (χ3n) is 4.48. The smallest absolute Gasteiger partial charge is 0.262 e. The van der Waals surface area contributed by atoms with Crippen LogP contribution in [0.1, 0.15) is 25.0 Å². The van der Waals surface area contributed by atoms with Gasteiger partial charge in [0.25, 0.3) is 5.91 Å². The Morgan fingerprint density at radius 1 is 1.26 bits per heavy atom. The van der Waals surface area contributed by atoms with E-state index < -0.39 is 5.91 Å². The number of fused-ring (bicyclic) bond motifs is 1. The largest absolute Gasteiger partial charge is 0.493 e. The minimum absolute atomic E-state index is 0.00853. The van der Waals surface area contributed by atoms with E-state index in [4.69, 9.17) is 14.2 Å². The number of nitriles is 1. The summed E-state index contributed by atoms with van der Waals surface area (Å²) in [6.45, 7) is 4.09. The molecule has 0 atom stereocenters. The molecule has 8 heteroatoms. The maximum absolute atomic E-state index is 12.6. The van der Waals surface area contributed by atoms with Crippen molar-refractivity contribution in [3.05, 3.63) is 53.4 Å². The molecule has 0 saturated carbocycles. The molecule has 0 unspecified atom stereocenters. The van der Waals surface area contributed by atoms with Gasteiger partial charge in [-0.1, -0.05) is 6.07 Å². The summed E-state index contributed by atoms with van der Waals surface area (Å²) < 4.78 is 16.2. The predicted octanol–water partition coefficient (Wildman–Crippen LogP) is 3.59. The molecule has 1 aromatic carbocycles. The summed E-state index contributed by atoms with van der Waals surface area (Å²) in [7, 11) is 3.10. The van der Waals surface area contributed by atoms with Crippen molar-refractivity contribution in [2.45, 2.75) is 26.5 Å². The molecule has 2 heterocycles. The highest BCUT2D eigenvalue weighted by Gasteiger charge is 2.13. The number of carbonyl (C=O) groups is 1. The summed E-state index contributed by atoms with van der Waals surface area (Å²) >= 11 is 0. The Morgan fingerprint density at radius 2 is 2.03 bits per heavy atom. The van der Waals surface area contributed by atoms with Gasteiger partial charge >= 0.3 is 0 Å². The van der Waals surface area contributed by atoms with Crippen LogP contribution in [-0.4, -0.2) is 36.2 Å². The molecule has 2 N–H and O–H groups in total. The Balaban J connectivity index is 1.78. The van der Waals surface area contributed by atoms with Gasteiger partial charge in [0.2, 0.25) is 0 Å². The van der Waals surface area contributed by atoms with Gasteiger partial charge in [-0.25, -0.2) is 4.98 Å². The van der Waals surface area contributed by atoms with Gasteiger partial charge in [0, 0.05) is 23.7 Å². The van der Waals surface area contributed by atoms with Gasteiger partial charge in [-0.2, -0.15) is 5.26 Å². The molecule has 0 saturated heterocycles. The van der Waals surface area contributed by atoms with E-state index in [1.165, 1.54) is 6.08 Å². The van der Waals surface area contributed by atoms with Gasteiger partial charge in [-0.05, 0) is 43.7 Å². The number of aromatic nitrogens is 2. The van der Waals surface area contributed by atoms with E-state index in [0.29, 0.717) is 28.5 Å². The monoisotopic (exact) mass is 420 g/mol. The highest BCUT2D eigenvalue weighted by Crippen LogP contribution is 2.27. The highest BCUT2D eigenvalue weighted by atomic mass is 16.5. The minimum Gasteiger partial charge on any atom is -0.493 e. The molecule has 0 spiro atoms. The number of H-pyrrole nitrogens is 1. The predicted molar refractivity (Wildman–Crippen MR) is 117 cm³/mol. The molecule has 3 aromatic rings. The number of hydrogen-bond acceptors (Lipinski definition) is 6. The van der Waals surface area contributed by atoms with E-state index in [2.05, 4.69) is 15.3 Å². The van der Waals surface area contributed by atoms with E-state index in [1.807, 2.05) is 32.0 Å². The molecule has 2 aromatic heterocycles. The molecular formula is C23H24N4O4. The number of methoxy groups -OCH3 is 2. The van der Waals surface area contributed by atoms with Crippen molar-refractivity contribution in [1.29, 1.82) is 5.26 Å². The number of aromatic amines is 1. The first kappa shape index (κ1) is 21.7. The molecule has 0 bridgehead atoms. The number of nitrogens with zero attached hydrogens (tertiary/aromatic N) is 2. The van der Waals surface area contributed by atoms with E-state index in [9.17, 15) is 10.1 Å². The Labute approximate surface area is 180 Å². The van der Waals surface area contributed by atoms with Crippen LogP contribution in [0.5, 0.6) is 17.2 Å². The van der Waals surface area contributed by atoms with Gasteiger partial charge in [0.05, 0.1) is 26.5 Å².